The molecule has 0 spiro atoms. The average Bonchev–Trinajstić information content (AvgIpc) is 2.74. The standard InChI is InChI=1S/C23H22FN3O2/c1-16-2-4-18(5-3-16)15-27-23(29)21-14-19(11-13-25-21)22(28)26-12-10-17-6-8-20(24)9-7-17/h2-9,11,13-14H,10,12,15H2,1H3,(H,26,28)(H,27,29). The maximum atomic E-state index is 12.9. The zero-order valence-electron chi connectivity index (χ0n) is 16.1. The number of aryl methyl sites for hydroxylation is 1. The second kappa shape index (κ2) is 9.59. The fraction of sp³-hybridized carbons (Fsp3) is 0.174. The molecule has 3 rings (SSSR count). The Balaban J connectivity index is 1.53. The maximum Gasteiger partial charge on any atom is 0.270 e. The summed E-state index contributed by atoms with van der Waals surface area (Å²) < 4.78 is 12.9. The van der Waals surface area contributed by atoms with E-state index in [0.29, 0.717) is 25.1 Å². The van der Waals surface area contributed by atoms with Crippen molar-refractivity contribution in [2.45, 2.75) is 19.9 Å². The summed E-state index contributed by atoms with van der Waals surface area (Å²) in [6, 6.07) is 17.1. The van der Waals surface area contributed by atoms with Gasteiger partial charge in [0.15, 0.2) is 0 Å². The van der Waals surface area contributed by atoms with Gasteiger partial charge in [0, 0.05) is 24.8 Å². The van der Waals surface area contributed by atoms with Gasteiger partial charge in [0.2, 0.25) is 0 Å². The van der Waals surface area contributed by atoms with Crippen molar-refractivity contribution in [1.29, 1.82) is 0 Å². The third-order valence-electron chi connectivity index (χ3n) is 4.44. The van der Waals surface area contributed by atoms with E-state index < -0.39 is 0 Å². The van der Waals surface area contributed by atoms with E-state index in [9.17, 15) is 14.0 Å². The van der Waals surface area contributed by atoms with Gasteiger partial charge in [-0.05, 0) is 48.7 Å². The Morgan fingerprint density at radius 3 is 2.31 bits per heavy atom. The van der Waals surface area contributed by atoms with Crippen LogP contribution in [0.1, 0.15) is 37.5 Å². The van der Waals surface area contributed by atoms with E-state index in [1.54, 1.807) is 18.2 Å². The molecule has 6 heteroatoms. The zero-order chi connectivity index (χ0) is 20.6. The molecular formula is C23H22FN3O2. The van der Waals surface area contributed by atoms with Crippen molar-refractivity contribution < 1.29 is 14.0 Å². The number of aromatic nitrogens is 1. The molecule has 0 bridgehead atoms. The predicted octanol–water partition coefficient (Wildman–Crippen LogP) is 3.43. The Bertz CT molecular complexity index is 986. The highest BCUT2D eigenvalue weighted by Gasteiger charge is 2.11. The van der Waals surface area contributed by atoms with Gasteiger partial charge in [0.1, 0.15) is 11.5 Å². The molecule has 1 heterocycles. The minimum atomic E-state index is -0.341. The molecule has 0 unspecified atom stereocenters. The van der Waals surface area contributed by atoms with E-state index in [2.05, 4.69) is 15.6 Å². The quantitative estimate of drug-likeness (QED) is 0.648. The molecule has 1 aromatic heterocycles. The first-order chi connectivity index (χ1) is 14.0. The summed E-state index contributed by atoms with van der Waals surface area (Å²) in [7, 11) is 0. The third-order valence-corrected chi connectivity index (χ3v) is 4.44. The molecule has 0 fully saturated rings. The van der Waals surface area contributed by atoms with Crippen LogP contribution in [-0.2, 0) is 13.0 Å². The SMILES string of the molecule is Cc1ccc(CNC(=O)c2cc(C(=O)NCCc3ccc(F)cc3)ccn2)cc1. The summed E-state index contributed by atoms with van der Waals surface area (Å²) >= 11 is 0. The first kappa shape index (κ1) is 20.2. The number of benzene rings is 2. The van der Waals surface area contributed by atoms with Crippen LogP contribution in [0.5, 0.6) is 0 Å². The molecule has 2 N–H and O–H groups in total. The molecule has 0 radical (unpaired) electrons. The van der Waals surface area contributed by atoms with Crippen molar-refractivity contribution in [3.8, 4) is 0 Å². The third kappa shape index (κ3) is 5.97. The zero-order valence-corrected chi connectivity index (χ0v) is 16.1. The van der Waals surface area contributed by atoms with Crippen LogP contribution in [0.4, 0.5) is 4.39 Å². The highest BCUT2D eigenvalue weighted by Crippen LogP contribution is 2.06. The minimum Gasteiger partial charge on any atom is -0.352 e. The number of amides is 2. The van der Waals surface area contributed by atoms with Crippen molar-refractivity contribution in [2.24, 2.45) is 0 Å². The Hall–Kier alpha value is -3.54. The number of carbonyl (C=O) groups excluding carboxylic acids is 2. The van der Waals surface area contributed by atoms with E-state index >= 15 is 0 Å². The van der Waals surface area contributed by atoms with E-state index in [1.807, 2.05) is 31.2 Å². The van der Waals surface area contributed by atoms with Gasteiger partial charge in [0.05, 0.1) is 0 Å². The summed E-state index contributed by atoms with van der Waals surface area (Å²) in [5.74, 6) is -0.920. The highest BCUT2D eigenvalue weighted by molar-refractivity contribution is 5.98. The van der Waals surface area contributed by atoms with Crippen LogP contribution in [0.25, 0.3) is 0 Å². The van der Waals surface area contributed by atoms with Crippen molar-refractivity contribution in [2.75, 3.05) is 6.54 Å². The van der Waals surface area contributed by atoms with Crippen LogP contribution < -0.4 is 10.6 Å². The lowest BCUT2D eigenvalue weighted by molar-refractivity contribution is 0.0946. The van der Waals surface area contributed by atoms with Crippen LogP contribution in [0.15, 0.2) is 66.9 Å². The van der Waals surface area contributed by atoms with Gasteiger partial charge in [-0.3, -0.25) is 14.6 Å². The molecule has 0 aliphatic carbocycles. The summed E-state index contributed by atoms with van der Waals surface area (Å²) in [6.07, 6.45) is 2.02. The van der Waals surface area contributed by atoms with Crippen molar-refractivity contribution in [3.05, 3.63) is 101 Å². The van der Waals surface area contributed by atoms with Crippen LogP contribution in [0.3, 0.4) is 0 Å². The Labute approximate surface area is 169 Å². The number of nitrogens with zero attached hydrogens (tertiary/aromatic N) is 1. The van der Waals surface area contributed by atoms with Gasteiger partial charge >= 0.3 is 0 Å². The number of carbonyl (C=O) groups is 2. The lowest BCUT2D eigenvalue weighted by atomic mass is 10.1. The summed E-state index contributed by atoms with van der Waals surface area (Å²) in [4.78, 5) is 28.8. The van der Waals surface area contributed by atoms with Gasteiger partial charge in [0.25, 0.3) is 11.8 Å². The number of nitrogens with one attached hydrogen (secondary N) is 2. The van der Waals surface area contributed by atoms with Gasteiger partial charge in [-0.1, -0.05) is 42.0 Å². The van der Waals surface area contributed by atoms with E-state index in [1.165, 1.54) is 24.4 Å². The second-order valence-corrected chi connectivity index (χ2v) is 6.73. The molecule has 148 valence electrons. The number of rotatable bonds is 7. The second-order valence-electron chi connectivity index (χ2n) is 6.73. The topological polar surface area (TPSA) is 71.1 Å². The molecule has 0 aliphatic heterocycles. The predicted molar refractivity (Wildman–Crippen MR) is 109 cm³/mol. The van der Waals surface area contributed by atoms with E-state index in [0.717, 1.165) is 16.7 Å². The minimum absolute atomic E-state index is 0.184. The largest absolute Gasteiger partial charge is 0.352 e. The summed E-state index contributed by atoms with van der Waals surface area (Å²) in [6.45, 7) is 2.79. The first-order valence-electron chi connectivity index (χ1n) is 9.34. The lowest BCUT2D eigenvalue weighted by Crippen LogP contribution is -2.27. The summed E-state index contributed by atoms with van der Waals surface area (Å²) in [5, 5.41) is 5.61. The Morgan fingerprint density at radius 1 is 0.897 bits per heavy atom. The number of hydrogen-bond acceptors (Lipinski definition) is 3. The normalized spacial score (nSPS) is 10.4. The molecule has 0 aliphatic rings. The average molecular weight is 391 g/mol. The number of hydrogen-bond donors (Lipinski definition) is 2. The van der Waals surface area contributed by atoms with Gasteiger partial charge in [-0.15, -0.1) is 0 Å². The molecule has 3 aromatic rings. The van der Waals surface area contributed by atoms with Gasteiger partial charge in [-0.2, -0.15) is 0 Å². The fourth-order valence-corrected chi connectivity index (χ4v) is 2.75. The van der Waals surface area contributed by atoms with E-state index in [-0.39, 0.29) is 23.3 Å². The molecule has 0 atom stereocenters. The molecule has 2 amide bonds. The van der Waals surface area contributed by atoms with Crippen molar-refractivity contribution in [3.63, 3.8) is 0 Å². The highest BCUT2D eigenvalue weighted by atomic mass is 19.1. The van der Waals surface area contributed by atoms with Crippen molar-refractivity contribution in [1.82, 2.24) is 15.6 Å². The van der Waals surface area contributed by atoms with Crippen LogP contribution >= 0.6 is 0 Å². The number of pyridine rings is 1. The van der Waals surface area contributed by atoms with Crippen LogP contribution in [0.2, 0.25) is 0 Å². The Morgan fingerprint density at radius 2 is 1.59 bits per heavy atom. The molecule has 29 heavy (non-hydrogen) atoms. The van der Waals surface area contributed by atoms with Gasteiger partial charge in [-0.25, -0.2) is 4.39 Å². The fourth-order valence-electron chi connectivity index (χ4n) is 2.75. The monoisotopic (exact) mass is 391 g/mol. The molecule has 0 saturated heterocycles. The first-order valence-corrected chi connectivity index (χ1v) is 9.34. The van der Waals surface area contributed by atoms with Crippen molar-refractivity contribution >= 4 is 11.8 Å². The maximum absolute atomic E-state index is 12.9. The molecule has 5 nitrogen and oxygen atoms in total. The number of halogens is 1. The molecular weight excluding hydrogens is 369 g/mol. The van der Waals surface area contributed by atoms with Crippen LogP contribution in [0, 0.1) is 12.7 Å². The summed E-state index contributed by atoms with van der Waals surface area (Å²) in [5.41, 5.74) is 3.61. The molecule has 0 saturated carbocycles. The molecule has 2 aromatic carbocycles. The van der Waals surface area contributed by atoms with E-state index in [4.69, 9.17) is 0 Å². The van der Waals surface area contributed by atoms with Crippen LogP contribution in [-0.4, -0.2) is 23.3 Å². The Kier molecular flexibility index (Phi) is 6.68. The van der Waals surface area contributed by atoms with Gasteiger partial charge < -0.3 is 10.6 Å². The lowest BCUT2D eigenvalue weighted by Gasteiger charge is -2.08. The smallest absolute Gasteiger partial charge is 0.270 e.